The van der Waals surface area contributed by atoms with E-state index in [2.05, 4.69) is 9.36 Å². The van der Waals surface area contributed by atoms with Gasteiger partial charge in [-0.2, -0.15) is 4.37 Å². The molecule has 5 nitrogen and oxygen atoms in total. The van der Waals surface area contributed by atoms with Gasteiger partial charge >= 0.3 is 5.97 Å². The van der Waals surface area contributed by atoms with Crippen molar-refractivity contribution in [2.24, 2.45) is 0 Å². The molecule has 0 aromatic carbocycles. The standard InChI is InChI=1S/C12H21N3O2S/c1-7(2)10-13-12(18-14-10)15(6)9(5)11(16)17-8(3)4/h7-9H,1-6H3. The van der Waals surface area contributed by atoms with Gasteiger partial charge < -0.3 is 9.64 Å². The van der Waals surface area contributed by atoms with Crippen molar-refractivity contribution in [2.45, 2.75) is 52.7 Å². The summed E-state index contributed by atoms with van der Waals surface area (Å²) in [6.07, 6.45) is -0.103. The molecule has 0 saturated carbocycles. The molecule has 6 heteroatoms. The van der Waals surface area contributed by atoms with Gasteiger partial charge in [0.15, 0.2) is 0 Å². The van der Waals surface area contributed by atoms with Crippen molar-refractivity contribution in [3.8, 4) is 0 Å². The number of anilines is 1. The molecule has 1 atom stereocenters. The van der Waals surface area contributed by atoms with Crippen LogP contribution in [0.2, 0.25) is 0 Å². The molecular formula is C12H21N3O2S. The van der Waals surface area contributed by atoms with Crippen LogP contribution in [0.4, 0.5) is 5.13 Å². The molecule has 0 bridgehead atoms. The Bertz CT molecular complexity index is 404. The molecule has 0 fully saturated rings. The first-order valence-corrected chi connectivity index (χ1v) is 6.87. The lowest BCUT2D eigenvalue weighted by Crippen LogP contribution is -2.38. The number of carbonyl (C=O) groups excluding carboxylic acids is 1. The fourth-order valence-electron chi connectivity index (χ4n) is 1.26. The summed E-state index contributed by atoms with van der Waals surface area (Å²) in [6.45, 7) is 9.57. The number of esters is 1. The van der Waals surface area contributed by atoms with Gasteiger partial charge in [0, 0.05) is 24.5 Å². The first kappa shape index (κ1) is 14.9. The number of ether oxygens (including phenoxy) is 1. The Morgan fingerprint density at radius 3 is 2.33 bits per heavy atom. The number of aromatic nitrogens is 2. The number of likely N-dealkylation sites (N-methyl/N-ethyl adjacent to an activating group) is 1. The van der Waals surface area contributed by atoms with Crippen molar-refractivity contribution in [1.82, 2.24) is 9.36 Å². The van der Waals surface area contributed by atoms with E-state index < -0.39 is 0 Å². The normalized spacial score (nSPS) is 12.9. The van der Waals surface area contributed by atoms with Gasteiger partial charge in [0.2, 0.25) is 5.13 Å². The van der Waals surface area contributed by atoms with Gasteiger partial charge in [-0.25, -0.2) is 9.78 Å². The van der Waals surface area contributed by atoms with E-state index in [0.29, 0.717) is 5.92 Å². The average molecular weight is 271 g/mol. The van der Waals surface area contributed by atoms with Crippen LogP contribution in [-0.2, 0) is 9.53 Å². The van der Waals surface area contributed by atoms with Gasteiger partial charge in [-0.3, -0.25) is 0 Å². The van der Waals surface area contributed by atoms with E-state index in [0.717, 1.165) is 11.0 Å². The molecule has 1 aromatic heterocycles. The predicted octanol–water partition coefficient (Wildman–Crippen LogP) is 2.44. The SMILES string of the molecule is CC(C)OC(=O)C(C)N(C)c1nc(C(C)C)ns1. The van der Waals surface area contributed by atoms with Gasteiger partial charge in [0.25, 0.3) is 0 Å². The zero-order chi connectivity index (χ0) is 13.9. The minimum Gasteiger partial charge on any atom is -0.461 e. The monoisotopic (exact) mass is 271 g/mol. The minimum absolute atomic E-state index is 0.103. The van der Waals surface area contributed by atoms with Crippen molar-refractivity contribution in [3.05, 3.63) is 5.82 Å². The second-order valence-electron chi connectivity index (χ2n) is 4.86. The van der Waals surface area contributed by atoms with Crippen LogP contribution in [0.15, 0.2) is 0 Å². The van der Waals surface area contributed by atoms with Crippen molar-refractivity contribution >= 4 is 22.6 Å². The molecule has 1 rings (SSSR count). The largest absolute Gasteiger partial charge is 0.461 e. The summed E-state index contributed by atoms with van der Waals surface area (Å²) in [5, 5.41) is 0.743. The van der Waals surface area contributed by atoms with E-state index in [1.165, 1.54) is 11.5 Å². The molecular weight excluding hydrogens is 250 g/mol. The lowest BCUT2D eigenvalue weighted by molar-refractivity contribution is -0.148. The number of hydrogen-bond donors (Lipinski definition) is 0. The van der Waals surface area contributed by atoms with Crippen LogP contribution in [0.25, 0.3) is 0 Å². The third-order valence-electron chi connectivity index (χ3n) is 2.52. The number of carbonyl (C=O) groups is 1. The molecule has 0 N–H and O–H groups in total. The summed E-state index contributed by atoms with van der Waals surface area (Å²) in [7, 11) is 1.83. The highest BCUT2D eigenvalue weighted by molar-refractivity contribution is 7.09. The van der Waals surface area contributed by atoms with Crippen molar-refractivity contribution < 1.29 is 9.53 Å². The smallest absolute Gasteiger partial charge is 0.328 e. The molecule has 102 valence electrons. The molecule has 1 unspecified atom stereocenters. The quantitative estimate of drug-likeness (QED) is 0.770. The summed E-state index contributed by atoms with van der Waals surface area (Å²) in [5.41, 5.74) is 0. The predicted molar refractivity (Wildman–Crippen MR) is 73.1 cm³/mol. The molecule has 1 heterocycles. The fraction of sp³-hybridized carbons (Fsp3) is 0.750. The van der Waals surface area contributed by atoms with Gasteiger partial charge in [0.05, 0.1) is 6.10 Å². The van der Waals surface area contributed by atoms with E-state index in [-0.39, 0.29) is 18.1 Å². The molecule has 0 aliphatic heterocycles. The van der Waals surface area contributed by atoms with E-state index in [1.54, 1.807) is 11.8 Å². The van der Waals surface area contributed by atoms with Gasteiger partial charge in [-0.15, -0.1) is 0 Å². The third kappa shape index (κ3) is 3.66. The Kier molecular flexibility index (Phi) is 5.07. The lowest BCUT2D eigenvalue weighted by Gasteiger charge is -2.23. The first-order valence-electron chi connectivity index (χ1n) is 6.09. The molecule has 0 aliphatic carbocycles. The third-order valence-corrected chi connectivity index (χ3v) is 3.34. The van der Waals surface area contributed by atoms with E-state index in [1.807, 2.05) is 34.7 Å². The maximum Gasteiger partial charge on any atom is 0.328 e. The van der Waals surface area contributed by atoms with E-state index in [9.17, 15) is 4.79 Å². The van der Waals surface area contributed by atoms with Crippen LogP contribution in [0.3, 0.4) is 0 Å². The molecule has 0 saturated heterocycles. The molecule has 0 aliphatic rings. The van der Waals surface area contributed by atoms with Crippen LogP contribution in [0, 0.1) is 0 Å². The van der Waals surface area contributed by atoms with Crippen molar-refractivity contribution in [1.29, 1.82) is 0 Å². The fourth-order valence-corrected chi connectivity index (χ4v) is 2.11. The van der Waals surface area contributed by atoms with Gasteiger partial charge in [-0.1, -0.05) is 13.8 Å². The summed E-state index contributed by atoms with van der Waals surface area (Å²) in [6, 6.07) is -0.361. The number of nitrogens with zero attached hydrogens (tertiary/aromatic N) is 3. The molecule has 18 heavy (non-hydrogen) atoms. The second kappa shape index (κ2) is 6.13. The van der Waals surface area contributed by atoms with Gasteiger partial charge in [0.1, 0.15) is 11.9 Å². The van der Waals surface area contributed by atoms with Crippen LogP contribution in [0.5, 0.6) is 0 Å². The Hall–Kier alpha value is -1.17. The molecule has 0 amide bonds. The first-order chi connectivity index (χ1) is 8.32. The van der Waals surface area contributed by atoms with Crippen LogP contribution < -0.4 is 4.90 Å². The zero-order valence-corrected chi connectivity index (χ0v) is 12.6. The Labute approximate surface area is 112 Å². The van der Waals surface area contributed by atoms with Crippen molar-refractivity contribution in [3.63, 3.8) is 0 Å². The van der Waals surface area contributed by atoms with E-state index >= 15 is 0 Å². The highest BCUT2D eigenvalue weighted by Crippen LogP contribution is 2.22. The highest BCUT2D eigenvalue weighted by atomic mass is 32.1. The summed E-state index contributed by atoms with van der Waals surface area (Å²) < 4.78 is 9.46. The zero-order valence-electron chi connectivity index (χ0n) is 11.8. The van der Waals surface area contributed by atoms with Gasteiger partial charge in [-0.05, 0) is 20.8 Å². The van der Waals surface area contributed by atoms with Crippen LogP contribution in [0.1, 0.15) is 46.4 Å². The summed E-state index contributed by atoms with van der Waals surface area (Å²) in [5.74, 6) is 0.862. The highest BCUT2D eigenvalue weighted by Gasteiger charge is 2.23. The Morgan fingerprint density at radius 2 is 1.89 bits per heavy atom. The Balaban J connectivity index is 2.73. The van der Waals surface area contributed by atoms with Crippen molar-refractivity contribution in [2.75, 3.05) is 11.9 Å². The summed E-state index contributed by atoms with van der Waals surface area (Å²) >= 11 is 1.31. The summed E-state index contributed by atoms with van der Waals surface area (Å²) in [4.78, 5) is 18.0. The average Bonchev–Trinajstić information content (AvgIpc) is 2.75. The molecule has 0 spiro atoms. The number of hydrogen-bond acceptors (Lipinski definition) is 6. The minimum atomic E-state index is -0.361. The Morgan fingerprint density at radius 1 is 1.28 bits per heavy atom. The second-order valence-corrected chi connectivity index (χ2v) is 5.59. The topological polar surface area (TPSA) is 55.3 Å². The number of rotatable bonds is 5. The molecule has 1 aromatic rings. The molecule has 0 radical (unpaired) electrons. The van der Waals surface area contributed by atoms with Crippen LogP contribution in [-0.4, -0.2) is 34.5 Å². The van der Waals surface area contributed by atoms with Crippen LogP contribution >= 0.6 is 11.5 Å². The lowest BCUT2D eigenvalue weighted by atomic mass is 10.2. The van der Waals surface area contributed by atoms with E-state index in [4.69, 9.17) is 4.74 Å². The maximum absolute atomic E-state index is 11.8. The maximum atomic E-state index is 11.8.